The molecular weight excluding hydrogens is 370 g/mol. The van der Waals surface area contributed by atoms with Gasteiger partial charge in [0.05, 0.1) is 0 Å². The molecule has 3 heterocycles. The van der Waals surface area contributed by atoms with Gasteiger partial charge in [0.25, 0.3) is 5.91 Å². The number of halogens is 1. The predicted molar refractivity (Wildman–Crippen MR) is 103 cm³/mol. The molecule has 2 atom stereocenters. The highest BCUT2D eigenvalue weighted by atomic mass is 35.5. The number of nitrogens with zero attached hydrogens (tertiary/aromatic N) is 3. The number of amides is 4. The molecule has 27 heavy (non-hydrogen) atoms. The Bertz CT molecular complexity index is 604. The first-order valence-corrected chi connectivity index (χ1v) is 9.91. The number of likely N-dealkylation sites (tertiary alicyclic amines) is 1. The first kappa shape index (κ1) is 20.4. The minimum Gasteiger partial charge on any atom is -0.339 e. The van der Waals surface area contributed by atoms with E-state index in [0.717, 1.165) is 45.4 Å². The van der Waals surface area contributed by atoms with Gasteiger partial charge in [-0.05, 0) is 26.2 Å². The van der Waals surface area contributed by atoms with E-state index in [-0.39, 0.29) is 24.2 Å². The van der Waals surface area contributed by atoms with Crippen molar-refractivity contribution in [2.75, 3.05) is 39.3 Å². The van der Waals surface area contributed by atoms with E-state index in [9.17, 15) is 14.4 Å². The molecule has 3 saturated heterocycles. The second-order valence-electron chi connectivity index (χ2n) is 8.08. The average Bonchev–Trinajstić information content (AvgIpc) is 3.36. The van der Waals surface area contributed by atoms with Crippen molar-refractivity contribution in [3.63, 3.8) is 0 Å². The molecule has 0 aromatic heterocycles. The van der Waals surface area contributed by atoms with Crippen molar-refractivity contribution in [1.82, 2.24) is 25.3 Å². The zero-order valence-corrected chi connectivity index (χ0v) is 16.7. The minimum absolute atomic E-state index is 0. The molecular formula is C18H30ClN5O3. The summed E-state index contributed by atoms with van der Waals surface area (Å²) in [6.45, 7) is 7.09. The van der Waals surface area contributed by atoms with Crippen LogP contribution in [0.15, 0.2) is 0 Å². The summed E-state index contributed by atoms with van der Waals surface area (Å²) in [5, 5.41) is 6.22. The van der Waals surface area contributed by atoms with E-state index in [1.54, 1.807) is 6.92 Å². The second kappa shape index (κ2) is 7.93. The third-order valence-electron chi connectivity index (χ3n) is 6.54. The number of urea groups is 1. The maximum absolute atomic E-state index is 13.0. The summed E-state index contributed by atoms with van der Waals surface area (Å²) in [6.07, 6.45) is 4.22. The number of carbonyl (C=O) groups excluding carboxylic acids is 3. The van der Waals surface area contributed by atoms with Gasteiger partial charge >= 0.3 is 6.03 Å². The molecule has 3 aliphatic heterocycles. The Balaban J connectivity index is 0.00000210. The molecule has 9 heteroatoms. The fourth-order valence-electron chi connectivity index (χ4n) is 4.97. The van der Waals surface area contributed by atoms with Crippen molar-refractivity contribution in [2.24, 2.45) is 0 Å². The van der Waals surface area contributed by atoms with E-state index in [4.69, 9.17) is 0 Å². The fourth-order valence-corrected chi connectivity index (χ4v) is 4.97. The van der Waals surface area contributed by atoms with Gasteiger partial charge in [-0.2, -0.15) is 0 Å². The van der Waals surface area contributed by atoms with Crippen LogP contribution in [0.5, 0.6) is 0 Å². The quantitative estimate of drug-likeness (QED) is 0.661. The van der Waals surface area contributed by atoms with E-state index >= 15 is 0 Å². The standard InChI is InChI=1S/C18H29N5O3.ClH/c1-13(23-16(25)18(20-17(23)26)5-2-3-6-18)15(24)22-9-4-14(12-22)21-10-7-19-8-11-21;/h13-14,19H,2-12H2,1H3,(H,20,26);1H. The van der Waals surface area contributed by atoms with Crippen LogP contribution in [0.1, 0.15) is 39.0 Å². The molecule has 0 bridgehead atoms. The highest BCUT2D eigenvalue weighted by Crippen LogP contribution is 2.36. The Morgan fingerprint density at radius 1 is 1.15 bits per heavy atom. The lowest BCUT2D eigenvalue weighted by atomic mass is 9.97. The van der Waals surface area contributed by atoms with Crippen LogP contribution >= 0.6 is 12.4 Å². The Morgan fingerprint density at radius 2 is 1.81 bits per heavy atom. The van der Waals surface area contributed by atoms with Crippen LogP contribution in [0.25, 0.3) is 0 Å². The molecule has 1 aliphatic carbocycles. The third-order valence-corrected chi connectivity index (χ3v) is 6.54. The average molecular weight is 400 g/mol. The fraction of sp³-hybridized carbons (Fsp3) is 0.833. The molecule has 2 unspecified atom stereocenters. The van der Waals surface area contributed by atoms with Crippen molar-refractivity contribution in [1.29, 1.82) is 0 Å². The van der Waals surface area contributed by atoms with Crippen molar-refractivity contribution >= 4 is 30.3 Å². The summed E-state index contributed by atoms with van der Waals surface area (Å²) in [7, 11) is 0. The molecule has 1 saturated carbocycles. The van der Waals surface area contributed by atoms with Gasteiger partial charge in [0, 0.05) is 45.3 Å². The number of hydrogen-bond donors (Lipinski definition) is 2. The van der Waals surface area contributed by atoms with Crippen LogP contribution < -0.4 is 10.6 Å². The Hall–Kier alpha value is -1.38. The van der Waals surface area contributed by atoms with Gasteiger partial charge in [-0.1, -0.05) is 12.8 Å². The molecule has 4 amide bonds. The van der Waals surface area contributed by atoms with E-state index in [0.29, 0.717) is 32.0 Å². The molecule has 4 fully saturated rings. The van der Waals surface area contributed by atoms with Gasteiger partial charge in [0.2, 0.25) is 5.91 Å². The molecule has 4 aliphatic rings. The number of piperazine rings is 1. The van der Waals surface area contributed by atoms with E-state index in [1.807, 2.05) is 4.90 Å². The molecule has 2 N–H and O–H groups in total. The van der Waals surface area contributed by atoms with Crippen LogP contribution in [0.2, 0.25) is 0 Å². The van der Waals surface area contributed by atoms with Crippen molar-refractivity contribution in [3.05, 3.63) is 0 Å². The van der Waals surface area contributed by atoms with Crippen LogP contribution in [0, 0.1) is 0 Å². The molecule has 8 nitrogen and oxygen atoms in total. The maximum atomic E-state index is 13.0. The Kier molecular flexibility index (Phi) is 5.98. The first-order chi connectivity index (χ1) is 12.5. The molecule has 0 aromatic rings. The number of carbonyl (C=O) groups is 3. The molecule has 0 radical (unpaired) electrons. The molecule has 4 rings (SSSR count). The summed E-state index contributed by atoms with van der Waals surface area (Å²) < 4.78 is 0. The number of hydrogen-bond acceptors (Lipinski definition) is 5. The van der Waals surface area contributed by atoms with Crippen molar-refractivity contribution < 1.29 is 14.4 Å². The van der Waals surface area contributed by atoms with Gasteiger partial charge in [-0.3, -0.25) is 14.5 Å². The normalized spacial score (nSPS) is 29.1. The van der Waals surface area contributed by atoms with Crippen LogP contribution in [0.4, 0.5) is 4.79 Å². The lowest BCUT2D eigenvalue weighted by molar-refractivity contribution is -0.142. The Labute approximate surface area is 166 Å². The number of imide groups is 1. The minimum atomic E-state index is -0.750. The molecule has 0 aromatic carbocycles. The van der Waals surface area contributed by atoms with Crippen LogP contribution in [-0.4, -0.2) is 89.4 Å². The summed E-state index contributed by atoms with van der Waals surface area (Å²) >= 11 is 0. The lowest BCUT2D eigenvalue weighted by Gasteiger charge is -2.33. The third kappa shape index (κ3) is 3.54. The van der Waals surface area contributed by atoms with Crippen LogP contribution in [0.3, 0.4) is 0 Å². The summed E-state index contributed by atoms with van der Waals surface area (Å²) in [6, 6.07) is -0.752. The summed E-state index contributed by atoms with van der Waals surface area (Å²) in [5.41, 5.74) is -0.750. The zero-order valence-electron chi connectivity index (χ0n) is 15.9. The highest BCUT2D eigenvalue weighted by Gasteiger charge is 2.55. The molecule has 1 spiro atoms. The Morgan fingerprint density at radius 3 is 2.48 bits per heavy atom. The smallest absolute Gasteiger partial charge is 0.325 e. The predicted octanol–water partition coefficient (Wildman–Crippen LogP) is 0.167. The van der Waals surface area contributed by atoms with Crippen molar-refractivity contribution in [2.45, 2.75) is 56.7 Å². The monoisotopic (exact) mass is 399 g/mol. The summed E-state index contributed by atoms with van der Waals surface area (Å²) in [5.74, 6) is -0.320. The lowest BCUT2D eigenvalue weighted by Crippen LogP contribution is -2.52. The van der Waals surface area contributed by atoms with Gasteiger partial charge in [0.15, 0.2) is 0 Å². The van der Waals surface area contributed by atoms with Gasteiger partial charge in [-0.15, -0.1) is 12.4 Å². The van der Waals surface area contributed by atoms with Gasteiger partial charge in [0.1, 0.15) is 11.6 Å². The van der Waals surface area contributed by atoms with E-state index in [2.05, 4.69) is 15.5 Å². The van der Waals surface area contributed by atoms with Crippen LogP contribution in [-0.2, 0) is 9.59 Å². The SMILES string of the molecule is CC(C(=O)N1CCC(N2CCNCC2)C1)N1C(=O)NC2(CCCC2)C1=O.Cl. The topological polar surface area (TPSA) is 85.0 Å². The zero-order chi connectivity index (χ0) is 18.3. The van der Waals surface area contributed by atoms with E-state index in [1.165, 1.54) is 4.90 Å². The largest absolute Gasteiger partial charge is 0.339 e. The van der Waals surface area contributed by atoms with Gasteiger partial charge < -0.3 is 15.5 Å². The highest BCUT2D eigenvalue weighted by molar-refractivity contribution is 6.10. The number of nitrogens with one attached hydrogen (secondary N) is 2. The second-order valence-corrected chi connectivity index (χ2v) is 8.08. The summed E-state index contributed by atoms with van der Waals surface area (Å²) in [4.78, 5) is 43.7. The van der Waals surface area contributed by atoms with Crippen molar-refractivity contribution in [3.8, 4) is 0 Å². The molecule has 152 valence electrons. The van der Waals surface area contributed by atoms with E-state index < -0.39 is 17.6 Å². The maximum Gasteiger partial charge on any atom is 0.325 e. The number of rotatable bonds is 3. The van der Waals surface area contributed by atoms with Gasteiger partial charge in [-0.25, -0.2) is 9.69 Å². The first-order valence-electron chi connectivity index (χ1n) is 9.91.